The molecule has 1 N–H and O–H groups in total. The summed E-state index contributed by atoms with van der Waals surface area (Å²) in [7, 11) is 1.48. The molecule has 1 unspecified atom stereocenters. The van der Waals surface area contributed by atoms with E-state index in [-0.39, 0.29) is 17.6 Å². The standard InChI is InChI=1S/C31H51NO2/c1-19(2)21-10-9-20-13-17-30(6)22(26(20)21)11-12-24-29(5)16-15-25(32-27(33)34-8)28(3,4)23(29)14-18-31(24,30)7/h20-26H,1,9-18H2,2-8H3,(H,32,33)/t20-,21+,22-,23+,24-,25?,26-,29+,30-,31-/m1/s1. The summed E-state index contributed by atoms with van der Waals surface area (Å²) in [5.74, 6) is 4.92. The number of methoxy groups -OCH3 is 1. The van der Waals surface area contributed by atoms with Gasteiger partial charge >= 0.3 is 6.09 Å². The molecule has 0 aliphatic heterocycles. The molecule has 34 heavy (non-hydrogen) atoms. The van der Waals surface area contributed by atoms with Crippen LogP contribution in [0.15, 0.2) is 12.2 Å². The van der Waals surface area contributed by atoms with E-state index in [1.807, 2.05) is 0 Å². The van der Waals surface area contributed by atoms with Crippen LogP contribution in [0.4, 0.5) is 4.79 Å². The molecule has 0 bridgehead atoms. The van der Waals surface area contributed by atoms with Crippen LogP contribution in [0.5, 0.6) is 0 Å². The third-order valence-electron chi connectivity index (χ3n) is 13.4. The predicted octanol–water partition coefficient (Wildman–Crippen LogP) is 8.00. The number of rotatable bonds is 2. The maximum absolute atomic E-state index is 12.1. The van der Waals surface area contributed by atoms with E-state index in [2.05, 4.69) is 53.4 Å². The molecule has 10 atom stereocenters. The van der Waals surface area contributed by atoms with Gasteiger partial charge in [0.05, 0.1) is 7.11 Å². The summed E-state index contributed by atoms with van der Waals surface area (Å²) in [6, 6.07) is 0.208. The molecular formula is C31H51NO2. The first-order valence-corrected chi connectivity index (χ1v) is 14.4. The van der Waals surface area contributed by atoms with Crippen LogP contribution < -0.4 is 5.32 Å². The lowest BCUT2D eigenvalue weighted by Gasteiger charge is -2.72. The number of allylic oxidation sites excluding steroid dienone is 1. The van der Waals surface area contributed by atoms with Crippen LogP contribution in [-0.4, -0.2) is 19.2 Å². The zero-order valence-electron chi connectivity index (χ0n) is 23.1. The molecule has 5 rings (SSSR count). The van der Waals surface area contributed by atoms with Crippen LogP contribution >= 0.6 is 0 Å². The number of alkyl carbamates (subject to hydrolysis) is 1. The molecule has 0 saturated heterocycles. The monoisotopic (exact) mass is 469 g/mol. The highest BCUT2D eigenvalue weighted by molar-refractivity contribution is 5.67. The maximum atomic E-state index is 12.1. The van der Waals surface area contributed by atoms with Gasteiger partial charge in [-0.25, -0.2) is 4.79 Å². The van der Waals surface area contributed by atoms with E-state index in [0.29, 0.717) is 22.2 Å². The third kappa shape index (κ3) is 3.16. The van der Waals surface area contributed by atoms with E-state index < -0.39 is 0 Å². The van der Waals surface area contributed by atoms with Crippen molar-refractivity contribution in [2.75, 3.05) is 7.11 Å². The number of fused-ring (bicyclic) bond motifs is 7. The molecule has 5 aliphatic rings. The van der Waals surface area contributed by atoms with Crippen LogP contribution in [-0.2, 0) is 4.74 Å². The highest BCUT2D eigenvalue weighted by Crippen LogP contribution is 2.76. The maximum Gasteiger partial charge on any atom is 0.407 e. The van der Waals surface area contributed by atoms with Gasteiger partial charge in [-0.15, -0.1) is 0 Å². The fourth-order valence-electron chi connectivity index (χ4n) is 11.6. The SMILES string of the molecule is C=C(C)[C@@H]1CC[C@@H]2CC[C@]3(C)[C@H](CC[C@@H]4[C@@]5(C)CCC(NC(=O)OC)C(C)(C)[C@@H]5CC[C@]43C)[C@H]21. The first kappa shape index (κ1) is 24.7. The highest BCUT2D eigenvalue weighted by Gasteiger charge is 2.69. The normalized spacial score (nSPS) is 51.3. The van der Waals surface area contributed by atoms with E-state index in [4.69, 9.17) is 4.74 Å². The Morgan fingerprint density at radius 1 is 0.853 bits per heavy atom. The van der Waals surface area contributed by atoms with Crippen LogP contribution in [0.2, 0.25) is 0 Å². The van der Waals surface area contributed by atoms with Gasteiger partial charge in [0.2, 0.25) is 0 Å². The first-order chi connectivity index (χ1) is 15.9. The molecule has 3 nitrogen and oxygen atoms in total. The van der Waals surface area contributed by atoms with Crippen molar-refractivity contribution in [3.63, 3.8) is 0 Å². The first-order valence-electron chi connectivity index (χ1n) is 14.4. The number of hydrogen-bond acceptors (Lipinski definition) is 2. The number of nitrogens with one attached hydrogen (secondary N) is 1. The van der Waals surface area contributed by atoms with Gasteiger partial charge in [-0.05, 0) is 128 Å². The number of carbonyl (C=O) groups excluding carboxylic acids is 1. The van der Waals surface area contributed by atoms with E-state index in [0.717, 1.165) is 36.0 Å². The largest absolute Gasteiger partial charge is 0.453 e. The lowest BCUT2D eigenvalue weighted by molar-refractivity contribution is -0.231. The van der Waals surface area contributed by atoms with Gasteiger partial charge in [-0.3, -0.25) is 0 Å². The summed E-state index contributed by atoms with van der Waals surface area (Å²) in [6.45, 7) is 19.7. The fraction of sp³-hybridized carbons (Fsp3) is 0.903. The minimum atomic E-state index is -0.268. The summed E-state index contributed by atoms with van der Waals surface area (Å²) in [5, 5.41) is 3.21. The number of ether oxygens (including phenoxy) is 1. The Kier molecular flexibility index (Phi) is 5.81. The van der Waals surface area contributed by atoms with Gasteiger partial charge in [0.25, 0.3) is 0 Å². The lowest BCUT2D eigenvalue weighted by atomic mass is 9.33. The van der Waals surface area contributed by atoms with E-state index >= 15 is 0 Å². The van der Waals surface area contributed by atoms with Gasteiger partial charge in [0, 0.05) is 6.04 Å². The van der Waals surface area contributed by atoms with Gasteiger partial charge in [0.1, 0.15) is 0 Å². The second kappa shape index (κ2) is 8.01. The smallest absolute Gasteiger partial charge is 0.407 e. The predicted molar refractivity (Wildman–Crippen MR) is 139 cm³/mol. The zero-order valence-corrected chi connectivity index (χ0v) is 23.1. The molecule has 5 aliphatic carbocycles. The number of amides is 1. The lowest BCUT2D eigenvalue weighted by Crippen LogP contribution is -2.67. The minimum absolute atomic E-state index is 0.0917. The van der Waals surface area contributed by atoms with Crippen LogP contribution in [0.25, 0.3) is 0 Å². The summed E-state index contributed by atoms with van der Waals surface area (Å²) in [5.41, 5.74) is 2.78. The molecular weight excluding hydrogens is 418 g/mol. The molecule has 0 aromatic carbocycles. The highest BCUT2D eigenvalue weighted by atomic mass is 16.5. The Hall–Kier alpha value is -0.990. The van der Waals surface area contributed by atoms with E-state index in [1.54, 1.807) is 0 Å². The van der Waals surface area contributed by atoms with Crippen LogP contribution in [0.1, 0.15) is 106 Å². The van der Waals surface area contributed by atoms with Crippen molar-refractivity contribution in [1.82, 2.24) is 5.32 Å². The van der Waals surface area contributed by atoms with Gasteiger partial charge in [0.15, 0.2) is 0 Å². The minimum Gasteiger partial charge on any atom is -0.453 e. The molecule has 0 spiro atoms. The average Bonchev–Trinajstić information content (AvgIpc) is 3.20. The Bertz CT molecular complexity index is 848. The van der Waals surface area contributed by atoms with Crippen molar-refractivity contribution in [2.45, 2.75) is 112 Å². The molecule has 0 heterocycles. The van der Waals surface area contributed by atoms with Crippen molar-refractivity contribution < 1.29 is 9.53 Å². The molecule has 5 saturated carbocycles. The number of hydrogen-bond donors (Lipinski definition) is 1. The summed E-state index contributed by atoms with van der Waals surface area (Å²) < 4.78 is 4.99. The van der Waals surface area contributed by atoms with Gasteiger partial charge in [-0.2, -0.15) is 0 Å². The zero-order chi connectivity index (χ0) is 24.7. The Morgan fingerprint density at radius 3 is 2.24 bits per heavy atom. The quantitative estimate of drug-likeness (QED) is 0.416. The third-order valence-corrected chi connectivity index (χ3v) is 13.4. The molecule has 0 aromatic heterocycles. The summed E-state index contributed by atoms with van der Waals surface area (Å²) in [4.78, 5) is 12.1. The molecule has 0 aromatic rings. The van der Waals surface area contributed by atoms with Crippen molar-refractivity contribution in [3.05, 3.63) is 12.2 Å². The second-order valence-corrected chi connectivity index (χ2v) is 14.6. The van der Waals surface area contributed by atoms with Crippen molar-refractivity contribution >= 4 is 6.09 Å². The van der Waals surface area contributed by atoms with Gasteiger partial charge < -0.3 is 10.1 Å². The molecule has 3 heteroatoms. The van der Waals surface area contributed by atoms with Crippen molar-refractivity contribution in [2.24, 2.45) is 57.2 Å². The topological polar surface area (TPSA) is 38.3 Å². The Balaban J connectivity index is 1.46. The van der Waals surface area contributed by atoms with Crippen molar-refractivity contribution in [1.29, 1.82) is 0 Å². The summed E-state index contributed by atoms with van der Waals surface area (Å²) >= 11 is 0. The van der Waals surface area contributed by atoms with Gasteiger partial charge in [-0.1, -0.05) is 46.8 Å². The van der Waals surface area contributed by atoms with E-state index in [1.165, 1.54) is 70.5 Å². The molecule has 1 amide bonds. The average molecular weight is 470 g/mol. The number of carbonyl (C=O) groups is 1. The van der Waals surface area contributed by atoms with Crippen molar-refractivity contribution in [3.8, 4) is 0 Å². The molecule has 5 fully saturated rings. The summed E-state index contributed by atoms with van der Waals surface area (Å²) in [6.07, 6.45) is 13.2. The van der Waals surface area contributed by atoms with Crippen LogP contribution in [0, 0.1) is 57.2 Å². The fourth-order valence-corrected chi connectivity index (χ4v) is 11.6. The molecule has 192 valence electrons. The molecule has 0 radical (unpaired) electrons. The van der Waals surface area contributed by atoms with Crippen LogP contribution in [0.3, 0.4) is 0 Å². The van der Waals surface area contributed by atoms with E-state index in [9.17, 15) is 4.79 Å². The second-order valence-electron chi connectivity index (χ2n) is 14.6. The Labute approximate surface area is 209 Å². The Morgan fingerprint density at radius 2 is 1.56 bits per heavy atom.